The molecule has 4 rings (SSSR count). The van der Waals surface area contributed by atoms with Gasteiger partial charge in [-0.1, -0.05) is 45.4 Å². The number of fused-ring (bicyclic) bond motifs is 1. The van der Waals surface area contributed by atoms with Gasteiger partial charge in [-0.25, -0.2) is 0 Å². The Kier molecular flexibility index (Phi) is 7.25. The molecule has 3 fully saturated rings. The van der Waals surface area contributed by atoms with Gasteiger partial charge in [0.2, 0.25) is 17.7 Å². The second-order valence-corrected chi connectivity index (χ2v) is 10.4. The van der Waals surface area contributed by atoms with E-state index in [1.165, 1.54) is 4.90 Å². The van der Waals surface area contributed by atoms with Gasteiger partial charge in [-0.2, -0.15) is 0 Å². The highest BCUT2D eigenvalue weighted by atomic mass is 16.5. The summed E-state index contributed by atoms with van der Waals surface area (Å²) in [7, 11) is 0. The smallest absolute Gasteiger partial charge is 0.246 e. The van der Waals surface area contributed by atoms with E-state index in [9.17, 15) is 19.5 Å². The maximum absolute atomic E-state index is 14.1. The third kappa shape index (κ3) is 4.04. The Morgan fingerprint density at radius 1 is 1.17 bits per heavy atom. The zero-order valence-electron chi connectivity index (χ0n) is 21.3. The predicted octanol–water partition coefficient (Wildman–Crippen LogP) is 2.86. The molecule has 7 atom stereocenters. The third-order valence-corrected chi connectivity index (χ3v) is 8.38. The maximum atomic E-state index is 14.1. The van der Waals surface area contributed by atoms with Crippen molar-refractivity contribution in [1.82, 2.24) is 10.2 Å². The number of ether oxygens (including phenoxy) is 1. The molecule has 3 heterocycles. The van der Waals surface area contributed by atoms with E-state index in [1.54, 1.807) is 0 Å². The first kappa shape index (κ1) is 25.6. The maximum Gasteiger partial charge on any atom is 0.246 e. The van der Waals surface area contributed by atoms with Crippen LogP contribution in [0.15, 0.2) is 30.3 Å². The number of carbonyl (C=O) groups is 3. The van der Waals surface area contributed by atoms with Crippen molar-refractivity contribution in [3.63, 3.8) is 0 Å². The van der Waals surface area contributed by atoms with Crippen LogP contribution in [0.25, 0.3) is 0 Å². The average Bonchev–Trinajstić information content (AvgIpc) is 3.45. The van der Waals surface area contributed by atoms with Crippen LogP contribution in [0.3, 0.4) is 0 Å². The molecular formula is C27H39N3O5. The summed E-state index contributed by atoms with van der Waals surface area (Å²) in [6.07, 6.45) is 3.96. The molecule has 3 saturated heterocycles. The minimum Gasteiger partial charge on any atom is -0.394 e. The van der Waals surface area contributed by atoms with E-state index in [0.29, 0.717) is 31.4 Å². The SMILES string of the molecule is CCCC(C)NC(=O)C1N([C@@H](CC)CO)C(=O)[C@@H]2[C@@H](C(=O)Nc3ccccc3)[C@@]3(CC)CCC12O3. The van der Waals surface area contributed by atoms with E-state index in [4.69, 9.17) is 4.74 Å². The number of aliphatic hydroxyl groups excluding tert-OH is 1. The highest BCUT2D eigenvalue weighted by Gasteiger charge is 2.79. The lowest BCUT2D eigenvalue weighted by Gasteiger charge is -2.37. The van der Waals surface area contributed by atoms with E-state index in [0.717, 1.165) is 12.8 Å². The number of amides is 3. The molecule has 3 unspecified atom stereocenters. The Bertz CT molecular complexity index is 951. The lowest BCUT2D eigenvalue weighted by molar-refractivity contribution is -0.150. The third-order valence-electron chi connectivity index (χ3n) is 8.38. The van der Waals surface area contributed by atoms with Crippen molar-refractivity contribution < 1.29 is 24.2 Å². The van der Waals surface area contributed by atoms with Crippen molar-refractivity contribution >= 4 is 23.4 Å². The average molecular weight is 486 g/mol. The van der Waals surface area contributed by atoms with E-state index >= 15 is 0 Å². The van der Waals surface area contributed by atoms with Gasteiger partial charge < -0.3 is 25.4 Å². The largest absolute Gasteiger partial charge is 0.394 e. The number of para-hydroxylation sites is 1. The lowest BCUT2D eigenvalue weighted by atomic mass is 9.65. The second-order valence-electron chi connectivity index (χ2n) is 10.4. The Labute approximate surface area is 207 Å². The van der Waals surface area contributed by atoms with Crippen LogP contribution in [0.2, 0.25) is 0 Å². The van der Waals surface area contributed by atoms with Crippen molar-refractivity contribution in [2.24, 2.45) is 11.8 Å². The van der Waals surface area contributed by atoms with Gasteiger partial charge in [-0.05, 0) is 51.2 Å². The summed E-state index contributed by atoms with van der Waals surface area (Å²) in [6, 6.07) is 7.75. The minimum absolute atomic E-state index is 0.0509. The fourth-order valence-electron chi connectivity index (χ4n) is 6.73. The fraction of sp³-hybridized carbons (Fsp3) is 0.667. The summed E-state index contributed by atoms with van der Waals surface area (Å²) < 4.78 is 6.74. The molecule has 1 aromatic carbocycles. The standard InChI is InChI=1S/C27H39N3O5/c1-5-11-17(4)28-24(33)22-27-15-14-26(7-3,35-27)20(23(32)29-18-12-9-8-10-13-18)21(27)25(34)30(22)19(6-2)16-31/h8-10,12-13,17,19-22,31H,5-7,11,14-16H2,1-4H3,(H,28,33)(H,29,32)/t17?,19-,20-,21-,22?,26+,27?/m0/s1. The van der Waals surface area contributed by atoms with E-state index in [2.05, 4.69) is 17.6 Å². The quantitative estimate of drug-likeness (QED) is 0.472. The number of rotatable bonds is 10. The van der Waals surface area contributed by atoms with E-state index < -0.39 is 35.1 Å². The van der Waals surface area contributed by atoms with Gasteiger partial charge in [0.05, 0.1) is 30.1 Å². The molecule has 0 radical (unpaired) electrons. The highest BCUT2D eigenvalue weighted by Crippen LogP contribution is 2.64. The van der Waals surface area contributed by atoms with E-state index in [-0.39, 0.29) is 30.4 Å². The van der Waals surface area contributed by atoms with Crippen LogP contribution in [0.5, 0.6) is 0 Å². The van der Waals surface area contributed by atoms with E-state index in [1.807, 2.05) is 51.1 Å². The summed E-state index contributed by atoms with van der Waals surface area (Å²) in [5.74, 6) is -2.26. The van der Waals surface area contributed by atoms with Crippen LogP contribution < -0.4 is 10.6 Å². The molecule has 3 N–H and O–H groups in total. The fourth-order valence-corrected chi connectivity index (χ4v) is 6.73. The van der Waals surface area contributed by atoms with Crippen LogP contribution in [-0.2, 0) is 19.1 Å². The molecule has 192 valence electrons. The summed E-state index contributed by atoms with van der Waals surface area (Å²) in [5.41, 5.74) is -1.21. The normalized spacial score (nSPS) is 32.9. The van der Waals surface area contributed by atoms with Gasteiger partial charge in [0.15, 0.2) is 0 Å². The van der Waals surface area contributed by atoms with Crippen LogP contribution in [0.4, 0.5) is 5.69 Å². The van der Waals surface area contributed by atoms with Gasteiger partial charge in [0, 0.05) is 11.7 Å². The molecule has 8 heteroatoms. The Hall–Kier alpha value is -2.45. The van der Waals surface area contributed by atoms with Gasteiger partial charge in [-0.15, -0.1) is 0 Å². The molecule has 3 amide bonds. The van der Waals surface area contributed by atoms with Crippen molar-refractivity contribution in [2.75, 3.05) is 11.9 Å². The number of aliphatic hydroxyl groups is 1. The molecule has 0 aromatic heterocycles. The highest BCUT2D eigenvalue weighted by molar-refractivity contribution is 6.02. The number of benzene rings is 1. The second kappa shape index (κ2) is 9.90. The topological polar surface area (TPSA) is 108 Å². The first-order valence-electron chi connectivity index (χ1n) is 13.1. The number of hydrogen-bond acceptors (Lipinski definition) is 5. The van der Waals surface area contributed by atoms with Crippen LogP contribution in [-0.4, -0.2) is 63.7 Å². The number of anilines is 1. The van der Waals surface area contributed by atoms with Crippen molar-refractivity contribution in [1.29, 1.82) is 0 Å². The van der Waals surface area contributed by atoms with Gasteiger partial charge in [0.1, 0.15) is 11.6 Å². The zero-order chi connectivity index (χ0) is 25.4. The number of carbonyl (C=O) groups excluding carboxylic acids is 3. The summed E-state index contributed by atoms with van der Waals surface area (Å²) in [6.45, 7) is 7.63. The lowest BCUT2D eigenvalue weighted by Crippen LogP contribution is -2.59. The Morgan fingerprint density at radius 2 is 1.89 bits per heavy atom. The molecule has 1 spiro atoms. The van der Waals surface area contributed by atoms with Crippen LogP contribution in [0.1, 0.15) is 66.2 Å². The van der Waals surface area contributed by atoms with Gasteiger partial charge in [0.25, 0.3) is 0 Å². The molecular weight excluding hydrogens is 446 g/mol. The number of nitrogens with zero attached hydrogens (tertiary/aromatic N) is 1. The molecule has 8 nitrogen and oxygen atoms in total. The monoisotopic (exact) mass is 485 g/mol. The first-order chi connectivity index (χ1) is 16.8. The molecule has 2 bridgehead atoms. The Balaban J connectivity index is 1.75. The summed E-state index contributed by atoms with van der Waals surface area (Å²) in [5, 5.41) is 16.2. The summed E-state index contributed by atoms with van der Waals surface area (Å²) >= 11 is 0. The number of likely N-dealkylation sites (tertiary alicyclic amines) is 1. The molecule has 0 aliphatic carbocycles. The predicted molar refractivity (Wildman–Crippen MR) is 132 cm³/mol. The molecule has 3 aliphatic rings. The van der Waals surface area contributed by atoms with Crippen molar-refractivity contribution in [3.05, 3.63) is 30.3 Å². The van der Waals surface area contributed by atoms with Gasteiger partial charge >= 0.3 is 0 Å². The van der Waals surface area contributed by atoms with Gasteiger partial charge in [-0.3, -0.25) is 14.4 Å². The first-order valence-corrected chi connectivity index (χ1v) is 13.1. The summed E-state index contributed by atoms with van der Waals surface area (Å²) in [4.78, 5) is 43.0. The van der Waals surface area contributed by atoms with Crippen LogP contribution in [0, 0.1) is 11.8 Å². The van der Waals surface area contributed by atoms with Crippen molar-refractivity contribution in [2.45, 2.75) is 95.5 Å². The van der Waals surface area contributed by atoms with Crippen LogP contribution >= 0.6 is 0 Å². The molecule has 3 aliphatic heterocycles. The molecule has 0 saturated carbocycles. The minimum atomic E-state index is -1.08. The Morgan fingerprint density at radius 3 is 2.49 bits per heavy atom. The van der Waals surface area contributed by atoms with Crippen molar-refractivity contribution in [3.8, 4) is 0 Å². The molecule has 1 aromatic rings. The number of hydrogen-bond donors (Lipinski definition) is 3. The number of nitrogens with one attached hydrogen (secondary N) is 2. The zero-order valence-corrected chi connectivity index (χ0v) is 21.3. The molecule has 35 heavy (non-hydrogen) atoms.